The summed E-state index contributed by atoms with van der Waals surface area (Å²) in [5.41, 5.74) is 1.09. The number of rotatable bonds is 4. The van der Waals surface area contributed by atoms with E-state index in [-0.39, 0.29) is 5.41 Å². The lowest BCUT2D eigenvalue weighted by Gasteiger charge is -2.30. The van der Waals surface area contributed by atoms with Crippen LogP contribution in [-0.4, -0.2) is 9.97 Å². The zero-order valence-corrected chi connectivity index (χ0v) is 13.9. The Hall–Kier alpha value is -0.680. The van der Waals surface area contributed by atoms with Gasteiger partial charge in [0.15, 0.2) is 0 Å². The summed E-state index contributed by atoms with van der Waals surface area (Å²) < 4.78 is 0.886. The fourth-order valence-electron chi connectivity index (χ4n) is 2.44. The number of hydrogen-bond donors (Lipinski definition) is 0. The lowest BCUT2D eigenvalue weighted by Crippen LogP contribution is -2.28. The first kappa shape index (κ1) is 14.7. The number of benzene rings is 1. The Morgan fingerprint density at radius 3 is 2.32 bits per heavy atom. The SMILES string of the molecule is CCC(CC)(c1ccccc1)c1ncc(I)c(Cl)n1. The summed E-state index contributed by atoms with van der Waals surface area (Å²) in [6.07, 6.45) is 3.70. The van der Waals surface area contributed by atoms with E-state index in [0.717, 1.165) is 22.2 Å². The minimum atomic E-state index is -0.157. The van der Waals surface area contributed by atoms with Gasteiger partial charge in [-0.1, -0.05) is 55.8 Å². The third kappa shape index (κ3) is 2.77. The van der Waals surface area contributed by atoms with Crippen molar-refractivity contribution in [2.45, 2.75) is 32.1 Å². The predicted molar refractivity (Wildman–Crippen MR) is 87.6 cm³/mol. The highest BCUT2D eigenvalue weighted by Gasteiger charge is 2.33. The molecular weight excluding hydrogens is 371 g/mol. The molecule has 0 fully saturated rings. The molecule has 0 aliphatic rings. The summed E-state index contributed by atoms with van der Waals surface area (Å²) in [5.74, 6) is 0.814. The Kier molecular flexibility index (Phi) is 4.79. The molecule has 0 bridgehead atoms. The van der Waals surface area contributed by atoms with Crippen LogP contribution in [0.2, 0.25) is 5.15 Å². The molecule has 0 N–H and O–H groups in total. The van der Waals surface area contributed by atoms with Crippen LogP contribution in [0.5, 0.6) is 0 Å². The van der Waals surface area contributed by atoms with Crippen molar-refractivity contribution in [1.29, 1.82) is 0 Å². The summed E-state index contributed by atoms with van der Waals surface area (Å²) in [6, 6.07) is 10.4. The van der Waals surface area contributed by atoms with E-state index < -0.39 is 0 Å². The monoisotopic (exact) mass is 386 g/mol. The van der Waals surface area contributed by atoms with Crippen LogP contribution in [0, 0.1) is 3.57 Å². The van der Waals surface area contributed by atoms with Gasteiger partial charge in [0.2, 0.25) is 0 Å². The van der Waals surface area contributed by atoms with Gasteiger partial charge < -0.3 is 0 Å². The number of hydrogen-bond acceptors (Lipinski definition) is 2. The Morgan fingerprint density at radius 2 is 1.79 bits per heavy atom. The summed E-state index contributed by atoms with van der Waals surface area (Å²) in [5, 5.41) is 0.535. The molecule has 0 saturated heterocycles. The van der Waals surface area contributed by atoms with Gasteiger partial charge in [0.1, 0.15) is 11.0 Å². The molecule has 0 unspecified atom stereocenters. The maximum atomic E-state index is 6.16. The van der Waals surface area contributed by atoms with Crippen LogP contribution in [0.4, 0.5) is 0 Å². The first-order valence-electron chi connectivity index (χ1n) is 6.38. The highest BCUT2D eigenvalue weighted by molar-refractivity contribution is 14.1. The average molecular weight is 387 g/mol. The zero-order chi connectivity index (χ0) is 13.9. The van der Waals surface area contributed by atoms with Gasteiger partial charge >= 0.3 is 0 Å². The number of nitrogens with zero attached hydrogens (tertiary/aromatic N) is 2. The van der Waals surface area contributed by atoms with Gasteiger partial charge in [-0.05, 0) is 41.0 Å². The van der Waals surface area contributed by atoms with E-state index >= 15 is 0 Å². The third-order valence-corrected chi connectivity index (χ3v) is 5.06. The van der Waals surface area contributed by atoms with Gasteiger partial charge in [0.25, 0.3) is 0 Å². The van der Waals surface area contributed by atoms with Crippen molar-refractivity contribution in [2.24, 2.45) is 0 Å². The Labute approximate surface area is 132 Å². The topological polar surface area (TPSA) is 25.8 Å². The summed E-state index contributed by atoms with van der Waals surface area (Å²) in [7, 11) is 0. The number of aromatic nitrogens is 2. The molecular formula is C15H16ClIN2. The maximum absolute atomic E-state index is 6.16. The van der Waals surface area contributed by atoms with Crippen LogP contribution in [-0.2, 0) is 5.41 Å². The molecule has 0 aliphatic carbocycles. The van der Waals surface area contributed by atoms with Crippen LogP contribution in [0.15, 0.2) is 36.5 Å². The van der Waals surface area contributed by atoms with Crippen molar-refractivity contribution in [3.63, 3.8) is 0 Å². The molecule has 4 heteroatoms. The zero-order valence-electron chi connectivity index (χ0n) is 11.0. The molecule has 0 radical (unpaired) electrons. The predicted octanol–water partition coefficient (Wildman–Crippen LogP) is 4.84. The molecule has 2 rings (SSSR count). The fourth-order valence-corrected chi connectivity index (χ4v) is 2.83. The smallest absolute Gasteiger partial charge is 0.146 e. The van der Waals surface area contributed by atoms with E-state index in [1.165, 1.54) is 5.56 Å². The standard InChI is InChI=1S/C15H16ClIN2/c1-3-15(4-2,11-8-6-5-7-9-11)14-18-10-12(17)13(16)19-14/h5-10H,3-4H2,1-2H3. The molecule has 0 aliphatic heterocycles. The quantitative estimate of drug-likeness (QED) is 0.555. The second-order valence-corrected chi connectivity index (χ2v) is 6.01. The second-order valence-electron chi connectivity index (χ2n) is 4.49. The highest BCUT2D eigenvalue weighted by Crippen LogP contribution is 2.37. The lowest BCUT2D eigenvalue weighted by molar-refractivity contribution is 0.448. The summed E-state index contributed by atoms with van der Waals surface area (Å²) in [6.45, 7) is 4.34. The van der Waals surface area contributed by atoms with E-state index in [1.807, 2.05) is 6.07 Å². The summed E-state index contributed by atoms with van der Waals surface area (Å²) in [4.78, 5) is 9.04. The van der Waals surface area contributed by atoms with Gasteiger partial charge in [-0.2, -0.15) is 0 Å². The van der Waals surface area contributed by atoms with Gasteiger partial charge in [-0.25, -0.2) is 9.97 Å². The van der Waals surface area contributed by atoms with Crippen LogP contribution < -0.4 is 0 Å². The van der Waals surface area contributed by atoms with Crippen molar-refractivity contribution in [3.05, 3.63) is 56.6 Å². The molecule has 19 heavy (non-hydrogen) atoms. The largest absolute Gasteiger partial charge is 0.239 e. The van der Waals surface area contributed by atoms with Gasteiger partial charge in [-0.15, -0.1) is 0 Å². The van der Waals surface area contributed by atoms with Gasteiger partial charge in [0.05, 0.1) is 8.99 Å². The maximum Gasteiger partial charge on any atom is 0.146 e. The molecule has 1 aromatic heterocycles. The van der Waals surface area contributed by atoms with Gasteiger partial charge in [-0.3, -0.25) is 0 Å². The molecule has 1 heterocycles. The Bertz CT molecular complexity index is 553. The highest BCUT2D eigenvalue weighted by atomic mass is 127. The molecule has 0 amide bonds. The first-order chi connectivity index (χ1) is 9.14. The van der Waals surface area contributed by atoms with Crippen molar-refractivity contribution in [3.8, 4) is 0 Å². The van der Waals surface area contributed by atoms with Crippen LogP contribution in [0.1, 0.15) is 38.1 Å². The van der Waals surface area contributed by atoms with Crippen molar-refractivity contribution < 1.29 is 0 Å². The van der Waals surface area contributed by atoms with Crippen LogP contribution >= 0.6 is 34.2 Å². The summed E-state index contributed by atoms with van der Waals surface area (Å²) >= 11 is 8.31. The first-order valence-corrected chi connectivity index (χ1v) is 7.83. The minimum Gasteiger partial charge on any atom is -0.239 e. The molecule has 0 spiro atoms. The van der Waals surface area contributed by atoms with E-state index in [0.29, 0.717) is 5.15 Å². The Balaban J connectivity index is 2.59. The molecule has 100 valence electrons. The van der Waals surface area contributed by atoms with Crippen molar-refractivity contribution in [2.75, 3.05) is 0 Å². The van der Waals surface area contributed by atoms with E-state index in [4.69, 9.17) is 11.6 Å². The average Bonchev–Trinajstić information content (AvgIpc) is 2.46. The molecule has 0 saturated carbocycles. The molecule has 2 nitrogen and oxygen atoms in total. The second kappa shape index (κ2) is 6.18. The normalized spacial score (nSPS) is 11.6. The Morgan fingerprint density at radius 1 is 1.16 bits per heavy atom. The molecule has 1 aromatic carbocycles. The van der Waals surface area contributed by atoms with E-state index in [9.17, 15) is 0 Å². The van der Waals surface area contributed by atoms with Crippen LogP contribution in [0.25, 0.3) is 0 Å². The minimum absolute atomic E-state index is 0.157. The van der Waals surface area contributed by atoms with E-state index in [2.05, 4.69) is 70.7 Å². The van der Waals surface area contributed by atoms with E-state index in [1.54, 1.807) is 6.20 Å². The number of halogens is 2. The third-order valence-electron chi connectivity index (χ3n) is 3.66. The van der Waals surface area contributed by atoms with Crippen molar-refractivity contribution >= 4 is 34.2 Å². The molecule has 0 atom stereocenters. The fraction of sp³-hybridized carbons (Fsp3) is 0.333. The van der Waals surface area contributed by atoms with Gasteiger partial charge in [0, 0.05) is 6.20 Å². The molecule has 2 aromatic rings. The van der Waals surface area contributed by atoms with Crippen molar-refractivity contribution in [1.82, 2.24) is 9.97 Å². The lowest BCUT2D eigenvalue weighted by atomic mass is 9.75. The van der Waals surface area contributed by atoms with Crippen LogP contribution in [0.3, 0.4) is 0 Å².